The molecule has 0 aromatic heterocycles. The molecule has 0 fully saturated rings. The van der Waals surface area contributed by atoms with Gasteiger partial charge in [0.15, 0.2) is 6.61 Å². The van der Waals surface area contributed by atoms with Gasteiger partial charge in [-0.3, -0.25) is 14.9 Å². The summed E-state index contributed by atoms with van der Waals surface area (Å²) in [5.74, 6) is -0.363. The van der Waals surface area contributed by atoms with Gasteiger partial charge in [-0.2, -0.15) is 0 Å². The fraction of sp³-hybridized carbons (Fsp3) is 0.176. The maximum atomic E-state index is 12.1. The highest BCUT2D eigenvalue weighted by Gasteiger charge is 2.15. The number of nitro groups is 1. The maximum Gasteiger partial charge on any atom is 0.339 e. The second kappa shape index (κ2) is 8.84. The predicted molar refractivity (Wildman–Crippen MR) is 94.8 cm³/mol. The molecule has 0 spiro atoms. The quantitative estimate of drug-likeness (QED) is 0.351. The molecule has 2 aromatic carbocycles. The number of anilines is 1. The summed E-state index contributed by atoms with van der Waals surface area (Å²) in [6.45, 7) is 1.49. The Hall–Kier alpha value is -2.87. The molecule has 25 heavy (non-hydrogen) atoms. The van der Waals surface area contributed by atoms with Crippen molar-refractivity contribution in [2.24, 2.45) is 0 Å². The number of benzene rings is 2. The smallest absolute Gasteiger partial charge is 0.339 e. The minimum absolute atomic E-state index is 0.139. The van der Waals surface area contributed by atoms with Gasteiger partial charge in [0.05, 0.1) is 10.5 Å². The van der Waals surface area contributed by atoms with E-state index in [2.05, 4.69) is 5.32 Å². The van der Waals surface area contributed by atoms with Crippen molar-refractivity contribution in [3.8, 4) is 0 Å². The largest absolute Gasteiger partial charge is 0.452 e. The molecule has 0 unspecified atom stereocenters. The number of nitrogens with one attached hydrogen (secondary N) is 1. The fourth-order valence-electron chi connectivity index (χ4n) is 2.02. The Balaban J connectivity index is 1.95. The van der Waals surface area contributed by atoms with E-state index in [9.17, 15) is 19.7 Å². The van der Waals surface area contributed by atoms with Gasteiger partial charge < -0.3 is 10.1 Å². The molecule has 2 rings (SSSR count). The molecule has 2 aromatic rings. The predicted octanol–water partition coefficient (Wildman–Crippen LogP) is 3.50. The third-order valence-corrected chi connectivity index (χ3v) is 4.04. The molecular formula is C17H16N2O5S. The number of carbonyl (C=O) groups excluding carboxylic acids is 2. The van der Waals surface area contributed by atoms with E-state index in [0.717, 1.165) is 10.6 Å². The lowest BCUT2D eigenvalue weighted by atomic mass is 10.2. The summed E-state index contributed by atoms with van der Waals surface area (Å²) >= 11 is 1.51. The summed E-state index contributed by atoms with van der Waals surface area (Å²) in [5, 5.41) is 13.2. The molecule has 0 saturated carbocycles. The van der Waals surface area contributed by atoms with Crippen LogP contribution in [0.1, 0.15) is 17.3 Å². The summed E-state index contributed by atoms with van der Waals surface area (Å²) in [7, 11) is 0. The summed E-state index contributed by atoms with van der Waals surface area (Å²) in [5.41, 5.74) is 0.523. The van der Waals surface area contributed by atoms with E-state index in [4.69, 9.17) is 4.74 Å². The zero-order chi connectivity index (χ0) is 18.2. The van der Waals surface area contributed by atoms with Gasteiger partial charge in [-0.1, -0.05) is 25.1 Å². The van der Waals surface area contributed by atoms with Crippen LogP contribution in [0.25, 0.3) is 0 Å². The highest BCUT2D eigenvalue weighted by molar-refractivity contribution is 7.99. The van der Waals surface area contributed by atoms with E-state index in [1.807, 2.05) is 19.1 Å². The van der Waals surface area contributed by atoms with Crippen molar-refractivity contribution in [1.82, 2.24) is 0 Å². The molecular weight excluding hydrogens is 344 g/mol. The third-order valence-electron chi connectivity index (χ3n) is 3.08. The molecule has 0 aliphatic rings. The van der Waals surface area contributed by atoms with Crippen LogP contribution in [-0.4, -0.2) is 29.2 Å². The molecule has 1 N–H and O–H groups in total. The number of nitrogens with zero attached hydrogens (tertiary/aromatic N) is 1. The average molecular weight is 360 g/mol. The molecule has 8 heteroatoms. The lowest BCUT2D eigenvalue weighted by Gasteiger charge is -2.09. The highest BCUT2D eigenvalue weighted by Crippen LogP contribution is 2.23. The number of esters is 1. The summed E-state index contributed by atoms with van der Waals surface area (Å²) in [6, 6.07) is 12.5. The number of hydrogen-bond acceptors (Lipinski definition) is 6. The molecule has 0 aliphatic heterocycles. The molecule has 0 atom stereocenters. The van der Waals surface area contributed by atoms with E-state index in [1.54, 1.807) is 12.1 Å². The Morgan fingerprint density at radius 1 is 1.20 bits per heavy atom. The first-order valence-corrected chi connectivity index (χ1v) is 8.43. The number of thioether (sulfide) groups is 1. The van der Waals surface area contributed by atoms with Crippen LogP contribution in [-0.2, 0) is 9.53 Å². The van der Waals surface area contributed by atoms with Gasteiger partial charge in [0.25, 0.3) is 11.6 Å². The molecule has 0 aliphatic carbocycles. The van der Waals surface area contributed by atoms with E-state index < -0.39 is 23.4 Å². The van der Waals surface area contributed by atoms with Gasteiger partial charge in [0.1, 0.15) is 0 Å². The van der Waals surface area contributed by atoms with Gasteiger partial charge >= 0.3 is 5.97 Å². The molecule has 130 valence electrons. The van der Waals surface area contributed by atoms with Crippen molar-refractivity contribution in [3.05, 3.63) is 64.2 Å². The Morgan fingerprint density at radius 2 is 1.96 bits per heavy atom. The maximum absolute atomic E-state index is 12.1. The number of ether oxygens (including phenoxy) is 1. The van der Waals surface area contributed by atoms with Gasteiger partial charge in [-0.15, -0.1) is 11.8 Å². The topological polar surface area (TPSA) is 98.5 Å². The first-order chi connectivity index (χ1) is 12.0. The van der Waals surface area contributed by atoms with Crippen LogP contribution in [0.5, 0.6) is 0 Å². The van der Waals surface area contributed by atoms with E-state index in [-0.39, 0.29) is 11.4 Å². The molecule has 0 heterocycles. The Kier molecular flexibility index (Phi) is 6.53. The third kappa shape index (κ3) is 5.32. The summed E-state index contributed by atoms with van der Waals surface area (Å²) < 4.78 is 5.03. The molecule has 0 radical (unpaired) electrons. The molecule has 7 nitrogen and oxygen atoms in total. The number of non-ortho nitro benzene ring substituents is 1. The zero-order valence-electron chi connectivity index (χ0n) is 13.4. The SMILES string of the molecule is CCSc1ccccc1C(=O)OCC(=O)Nc1cccc([N+](=O)[O-])c1. The van der Waals surface area contributed by atoms with Crippen molar-refractivity contribution in [2.45, 2.75) is 11.8 Å². The van der Waals surface area contributed by atoms with Crippen LogP contribution in [0.4, 0.5) is 11.4 Å². The lowest BCUT2D eigenvalue weighted by molar-refractivity contribution is -0.384. The van der Waals surface area contributed by atoms with Crippen molar-refractivity contribution < 1.29 is 19.2 Å². The lowest BCUT2D eigenvalue weighted by Crippen LogP contribution is -2.21. The second-order valence-electron chi connectivity index (χ2n) is 4.86. The van der Waals surface area contributed by atoms with E-state index in [0.29, 0.717) is 5.56 Å². The standard InChI is InChI=1S/C17H16N2O5S/c1-2-25-15-9-4-3-8-14(15)17(21)24-11-16(20)18-12-6-5-7-13(10-12)19(22)23/h3-10H,2,11H2,1H3,(H,18,20). The first kappa shape index (κ1) is 18.5. The Bertz CT molecular complexity index is 794. The average Bonchev–Trinajstić information content (AvgIpc) is 2.60. The molecule has 0 saturated heterocycles. The van der Waals surface area contributed by atoms with Gasteiger partial charge in [0.2, 0.25) is 0 Å². The zero-order valence-corrected chi connectivity index (χ0v) is 14.2. The minimum Gasteiger partial charge on any atom is -0.452 e. The number of rotatable bonds is 7. The number of carbonyl (C=O) groups is 2. The van der Waals surface area contributed by atoms with Crippen LogP contribution in [0.3, 0.4) is 0 Å². The monoisotopic (exact) mass is 360 g/mol. The van der Waals surface area contributed by atoms with Crippen molar-refractivity contribution in [3.63, 3.8) is 0 Å². The second-order valence-corrected chi connectivity index (χ2v) is 6.17. The summed E-state index contributed by atoms with van der Waals surface area (Å²) in [4.78, 5) is 35.0. The van der Waals surface area contributed by atoms with E-state index in [1.165, 1.54) is 36.0 Å². The Morgan fingerprint density at radius 3 is 2.68 bits per heavy atom. The van der Waals surface area contributed by atoms with Crippen LogP contribution >= 0.6 is 11.8 Å². The van der Waals surface area contributed by atoms with Crippen LogP contribution in [0.15, 0.2) is 53.4 Å². The fourth-order valence-corrected chi connectivity index (χ4v) is 2.81. The summed E-state index contributed by atoms with van der Waals surface area (Å²) in [6.07, 6.45) is 0. The van der Waals surface area contributed by atoms with Crippen LogP contribution < -0.4 is 5.32 Å². The molecule has 1 amide bonds. The minimum atomic E-state index is -0.592. The van der Waals surface area contributed by atoms with Crippen LogP contribution in [0, 0.1) is 10.1 Å². The van der Waals surface area contributed by atoms with Crippen molar-refractivity contribution in [2.75, 3.05) is 17.7 Å². The normalized spacial score (nSPS) is 10.1. The Labute approximate surface area is 148 Å². The first-order valence-electron chi connectivity index (χ1n) is 7.44. The van der Waals surface area contributed by atoms with Gasteiger partial charge in [-0.05, 0) is 24.0 Å². The van der Waals surface area contributed by atoms with Crippen molar-refractivity contribution in [1.29, 1.82) is 0 Å². The van der Waals surface area contributed by atoms with Gasteiger partial charge in [0, 0.05) is 22.7 Å². The number of hydrogen-bond donors (Lipinski definition) is 1. The molecule has 0 bridgehead atoms. The van der Waals surface area contributed by atoms with Gasteiger partial charge in [-0.25, -0.2) is 4.79 Å². The van der Waals surface area contributed by atoms with Crippen LogP contribution in [0.2, 0.25) is 0 Å². The number of nitro benzene ring substituents is 1. The van der Waals surface area contributed by atoms with Crippen molar-refractivity contribution >= 4 is 35.0 Å². The number of amides is 1. The van der Waals surface area contributed by atoms with E-state index >= 15 is 0 Å². The highest BCUT2D eigenvalue weighted by atomic mass is 32.2.